The number of amides is 2. The van der Waals surface area contributed by atoms with Crippen LogP contribution in [0.25, 0.3) is 0 Å². The van der Waals surface area contributed by atoms with Gasteiger partial charge in [-0.25, -0.2) is 0 Å². The van der Waals surface area contributed by atoms with Gasteiger partial charge < -0.3 is 15.7 Å². The van der Waals surface area contributed by atoms with Gasteiger partial charge in [0.2, 0.25) is 5.91 Å². The third kappa shape index (κ3) is 3.82. The van der Waals surface area contributed by atoms with E-state index in [-0.39, 0.29) is 11.8 Å². The quantitative estimate of drug-likeness (QED) is 0.722. The average molecular weight is 328 g/mol. The lowest BCUT2D eigenvalue weighted by Crippen LogP contribution is -2.34. The van der Waals surface area contributed by atoms with Crippen molar-refractivity contribution in [3.05, 3.63) is 42.0 Å². The van der Waals surface area contributed by atoms with Gasteiger partial charge in [-0.3, -0.25) is 14.4 Å². The molecule has 0 heterocycles. The Kier molecular flexibility index (Phi) is 4.64. The van der Waals surface area contributed by atoms with Crippen LogP contribution in [0.4, 0.5) is 5.69 Å². The van der Waals surface area contributed by atoms with E-state index in [2.05, 4.69) is 10.6 Å². The van der Waals surface area contributed by atoms with Crippen LogP contribution in [0.5, 0.6) is 0 Å². The van der Waals surface area contributed by atoms with Crippen LogP contribution in [0.2, 0.25) is 0 Å². The van der Waals surface area contributed by atoms with E-state index in [0.717, 1.165) is 12.8 Å². The highest BCUT2D eigenvalue weighted by Gasteiger charge is 2.34. The summed E-state index contributed by atoms with van der Waals surface area (Å²) in [7, 11) is 0. The average Bonchev–Trinajstić information content (AvgIpc) is 3.39. The third-order valence-electron chi connectivity index (χ3n) is 4.41. The second-order valence-electron chi connectivity index (χ2n) is 6.31. The molecule has 126 valence electrons. The zero-order valence-corrected chi connectivity index (χ0v) is 13.2. The zero-order chi connectivity index (χ0) is 17.1. The van der Waals surface area contributed by atoms with E-state index in [9.17, 15) is 19.5 Å². The second-order valence-corrected chi connectivity index (χ2v) is 6.31. The fraction of sp³-hybridized carbons (Fsp3) is 0.389. The third-order valence-corrected chi connectivity index (χ3v) is 4.41. The molecule has 2 aliphatic carbocycles. The Labute approximate surface area is 139 Å². The number of rotatable bonds is 5. The van der Waals surface area contributed by atoms with Gasteiger partial charge in [-0.05, 0) is 49.9 Å². The summed E-state index contributed by atoms with van der Waals surface area (Å²) in [4.78, 5) is 35.6. The minimum Gasteiger partial charge on any atom is -0.481 e. The summed E-state index contributed by atoms with van der Waals surface area (Å²) in [5, 5.41) is 14.9. The van der Waals surface area contributed by atoms with Crippen LogP contribution in [0, 0.1) is 11.8 Å². The Hall–Kier alpha value is -2.63. The van der Waals surface area contributed by atoms with Gasteiger partial charge in [0, 0.05) is 17.3 Å². The number of carbonyl (C=O) groups excluding carboxylic acids is 2. The maximum atomic E-state index is 12.4. The van der Waals surface area contributed by atoms with Crippen LogP contribution in [-0.2, 0) is 9.59 Å². The van der Waals surface area contributed by atoms with Crippen molar-refractivity contribution in [2.45, 2.75) is 31.7 Å². The molecule has 0 spiro atoms. The van der Waals surface area contributed by atoms with Gasteiger partial charge in [0.05, 0.1) is 11.8 Å². The fourth-order valence-corrected chi connectivity index (χ4v) is 2.81. The summed E-state index contributed by atoms with van der Waals surface area (Å²) < 4.78 is 0. The monoisotopic (exact) mass is 328 g/mol. The molecule has 2 atom stereocenters. The number of anilines is 1. The minimum absolute atomic E-state index is 0.112. The molecule has 2 aliphatic rings. The molecule has 0 aliphatic heterocycles. The maximum absolute atomic E-state index is 12.4. The summed E-state index contributed by atoms with van der Waals surface area (Å²) in [6.07, 6.45) is 6.49. The highest BCUT2D eigenvalue weighted by Crippen LogP contribution is 2.27. The Morgan fingerprint density at radius 3 is 2.17 bits per heavy atom. The number of aliphatic carboxylic acids is 1. The Bertz CT molecular complexity index is 677. The lowest BCUT2D eigenvalue weighted by molar-refractivity contribution is -0.146. The number of carbonyl (C=O) groups is 3. The first-order chi connectivity index (χ1) is 11.5. The Morgan fingerprint density at radius 2 is 1.58 bits per heavy atom. The molecule has 0 unspecified atom stereocenters. The molecule has 0 radical (unpaired) electrons. The summed E-state index contributed by atoms with van der Waals surface area (Å²) in [6.45, 7) is 0. The van der Waals surface area contributed by atoms with Crippen molar-refractivity contribution in [2.75, 3.05) is 5.32 Å². The van der Waals surface area contributed by atoms with Crippen LogP contribution >= 0.6 is 0 Å². The molecule has 0 bridgehead atoms. The molecule has 1 saturated carbocycles. The highest BCUT2D eigenvalue weighted by atomic mass is 16.4. The van der Waals surface area contributed by atoms with E-state index in [1.165, 1.54) is 0 Å². The van der Waals surface area contributed by atoms with E-state index in [0.29, 0.717) is 30.1 Å². The van der Waals surface area contributed by atoms with Crippen molar-refractivity contribution in [3.8, 4) is 0 Å². The number of hydrogen-bond acceptors (Lipinski definition) is 3. The van der Waals surface area contributed by atoms with Crippen LogP contribution in [0.1, 0.15) is 36.0 Å². The predicted molar refractivity (Wildman–Crippen MR) is 88.5 cm³/mol. The number of hydrogen-bond donors (Lipinski definition) is 3. The van der Waals surface area contributed by atoms with Gasteiger partial charge in [0.1, 0.15) is 0 Å². The molecule has 1 fully saturated rings. The van der Waals surface area contributed by atoms with Gasteiger partial charge >= 0.3 is 5.97 Å². The number of allylic oxidation sites excluding steroid dienone is 2. The molecule has 2 amide bonds. The van der Waals surface area contributed by atoms with Gasteiger partial charge in [0.15, 0.2) is 0 Å². The van der Waals surface area contributed by atoms with Crippen molar-refractivity contribution in [2.24, 2.45) is 11.8 Å². The molecule has 24 heavy (non-hydrogen) atoms. The van der Waals surface area contributed by atoms with E-state index in [1.54, 1.807) is 30.3 Å². The van der Waals surface area contributed by atoms with Crippen molar-refractivity contribution < 1.29 is 19.5 Å². The van der Waals surface area contributed by atoms with Gasteiger partial charge in [-0.2, -0.15) is 0 Å². The fourth-order valence-electron chi connectivity index (χ4n) is 2.81. The van der Waals surface area contributed by atoms with Crippen molar-refractivity contribution >= 4 is 23.5 Å². The van der Waals surface area contributed by atoms with Gasteiger partial charge in [-0.15, -0.1) is 0 Å². The first-order valence-electron chi connectivity index (χ1n) is 8.14. The maximum Gasteiger partial charge on any atom is 0.307 e. The number of carboxylic acid groups (broad SMARTS) is 1. The lowest BCUT2D eigenvalue weighted by atomic mass is 9.82. The summed E-state index contributed by atoms with van der Waals surface area (Å²) >= 11 is 0. The van der Waals surface area contributed by atoms with E-state index >= 15 is 0 Å². The molecular weight excluding hydrogens is 308 g/mol. The lowest BCUT2D eigenvalue weighted by Gasteiger charge is -2.24. The normalized spacial score (nSPS) is 22.7. The number of benzene rings is 1. The largest absolute Gasteiger partial charge is 0.481 e. The first-order valence-corrected chi connectivity index (χ1v) is 8.14. The van der Waals surface area contributed by atoms with E-state index in [4.69, 9.17) is 0 Å². The van der Waals surface area contributed by atoms with Gasteiger partial charge in [-0.1, -0.05) is 12.2 Å². The Balaban J connectivity index is 1.62. The van der Waals surface area contributed by atoms with Gasteiger partial charge in [0.25, 0.3) is 5.91 Å². The zero-order valence-electron chi connectivity index (χ0n) is 13.2. The summed E-state index contributed by atoms with van der Waals surface area (Å²) in [5.74, 6) is -2.64. The predicted octanol–water partition coefficient (Wildman–Crippen LogP) is 2.18. The molecule has 3 N–H and O–H groups in total. The standard InChI is InChI=1S/C18H20N2O4/c21-16(19-13-9-10-13)11-5-7-12(8-6-11)20-17(22)14-3-1-2-4-15(14)18(23)24/h1-2,5-8,13-15H,3-4,9-10H2,(H,19,21)(H,20,22)(H,23,24)/t14-,15-/m0/s1. The van der Waals surface area contributed by atoms with Crippen LogP contribution in [0.3, 0.4) is 0 Å². The highest BCUT2D eigenvalue weighted by molar-refractivity contribution is 5.97. The smallest absolute Gasteiger partial charge is 0.307 e. The van der Waals surface area contributed by atoms with E-state index in [1.807, 2.05) is 6.08 Å². The first kappa shape index (κ1) is 16.2. The van der Waals surface area contributed by atoms with Crippen molar-refractivity contribution in [1.29, 1.82) is 0 Å². The molecule has 1 aromatic carbocycles. The SMILES string of the molecule is O=C(NC1CC1)c1ccc(NC(=O)[C@H]2CC=CC[C@@H]2C(=O)O)cc1. The molecule has 6 heteroatoms. The number of nitrogens with one attached hydrogen (secondary N) is 2. The second kappa shape index (κ2) is 6.86. The molecule has 1 aromatic rings. The van der Waals surface area contributed by atoms with E-state index < -0.39 is 17.8 Å². The summed E-state index contributed by atoms with van der Waals surface area (Å²) in [5.41, 5.74) is 1.10. The minimum atomic E-state index is -0.952. The van der Waals surface area contributed by atoms with Crippen LogP contribution in [-0.4, -0.2) is 28.9 Å². The van der Waals surface area contributed by atoms with Crippen LogP contribution < -0.4 is 10.6 Å². The molecule has 0 saturated heterocycles. The molecular formula is C18H20N2O4. The molecule has 6 nitrogen and oxygen atoms in total. The summed E-state index contributed by atoms with van der Waals surface area (Å²) in [6, 6.07) is 6.93. The molecule has 0 aromatic heterocycles. The van der Waals surface area contributed by atoms with Crippen molar-refractivity contribution in [1.82, 2.24) is 5.32 Å². The Morgan fingerprint density at radius 1 is 0.958 bits per heavy atom. The van der Waals surface area contributed by atoms with Crippen molar-refractivity contribution in [3.63, 3.8) is 0 Å². The topological polar surface area (TPSA) is 95.5 Å². The number of carboxylic acids is 1. The van der Waals surface area contributed by atoms with Crippen LogP contribution in [0.15, 0.2) is 36.4 Å². The molecule has 3 rings (SSSR count).